The highest BCUT2D eigenvalue weighted by Crippen LogP contribution is 2.18. The number of rotatable bonds is 6. The van der Waals surface area contributed by atoms with Crippen LogP contribution in [0.3, 0.4) is 0 Å². The topological polar surface area (TPSA) is 90.5 Å². The molecule has 0 aliphatic rings. The maximum absolute atomic E-state index is 12.8. The third kappa shape index (κ3) is 3.69. The van der Waals surface area contributed by atoms with E-state index in [1.165, 1.54) is 4.40 Å². The molecule has 1 aromatic carbocycles. The van der Waals surface area contributed by atoms with Gasteiger partial charge in [0.1, 0.15) is 5.82 Å². The molecule has 142 valence electrons. The van der Waals surface area contributed by atoms with Gasteiger partial charge in [-0.1, -0.05) is 24.6 Å². The molecular weight excluding hydrogens is 346 g/mol. The third-order valence-electron chi connectivity index (χ3n) is 4.27. The van der Waals surface area contributed by atoms with Gasteiger partial charge >= 0.3 is 11.7 Å². The molecule has 8 nitrogen and oxygen atoms in total. The Labute approximate surface area is 156 Å². The Kier molecular flexibility index (Phi) is 5.25. The van der Waals surface area contributed by atoms with E-state index < -0.39 is 17.7 Å². The first-order valence-corrected chi connectivity index (χ1v) is 8.93. The molecule has 1 atom stereocenters. The van der Waals surface area contributed by atoms with E-state index >= 15 is 0 Å². The number of fused-ring (bicyclic) bond motifs is 1. The summed E-state index contributed by atoms with van der Waals surface area (Å²) in [7, 11) is 0. The Morgan fingerprint density at radius 2 is 1.93 bits per heavy atom. The molecule has 0 radical (unpaired) electrons. The van der Waals surface area contributed by atoms with Crippen LogP contribution in [-0.4, -0.2) is 31.7 Å². The van der Waals surface area contributed by atoms with Crippen LogP contribution in [0.1, 0.15) is 37.6 Å². The van der Waals surface area contributed by atoms with Crippen LogP contribution in [0.2, 0.25) is 0 Å². The minimum atomic E-state index is -0.771. The number of aryl methyl sites for hydroxylation is 2. The van der Waals surface area contributed by atoms with Gasteiger partial charge in [0.2, 0.25) is 0 Å². The van der Waals surface area contributed by atoms with Crippen molar-refractivity contribution < 1.29 is 9.53 Å². The molecule has 8 heteroatoms. The van der Waals surface area contributed by atoms with E-state index in [1.807, 2.05) is 38.1 Å². The Morgan fingerprint density at radius 3 is 2.56 bits per heavy atom. The van der Waals surface area contributed by atoms with Crippen molar-refractivity contribution >= 4 is 23.3 Å². The Hall–Kier alpha value is -3.16. The van der Waals surface area contributed by atoms with Gasteiger partial charge in [0.05, 0.1) is 6.61 Å². The number of benzene rings is 1. The highest BCUT2D eigenvalue weighted by molar-refractivity contribution is 5.74. The lowest BCUT2D eigenvalue weighted by Crippen LogP contribution is -2.31. The smallest absolute Gasteiger partial charge is 0.352 e. The molecule has 27 heavy (non-hydrogen) atoms. The van der Waals surface area contributed by atoms with Crippen LogP contribution in [0.15, 0.2) is 35.1 Å². The van der Waals surface area contributed by atoms with E-state index in [9.17, 15) is 9.59 Å². The normalized spacial score (nSPS) is 12.1. The lowest BCUT2D eigenvalue weighted by molar-refractivity contribution is -0.147. The van der Waals surface area contributed by atoms with E-state index in [-0.39, 0.29) is 12.4 Å². The number of nitrogens with zero attached hydrogens (tertiary/aromatic N) is 4. The number of hydrogen-bond donors (Lipinski definition) is 1. The van der Waals surface area contributed by atoms with Crippen molar-refractivity contribution in [3.05, 3.63) is 52.1 Å². The second-order valence-corrected chi connectivity index (χ2v) is 6.31. The molecule has 0 aliphatic heterocycles. The van der Waals surface area contributed by atoms with Gasteiger partial charge in [-0.3, -0.25) is 0 Å². The molecule has 2 heterocycles. The number of esters is 1. The molecule has 0 aliphatic carbocycles. The van der Waals surface area contributed by atoms with Gasteiger partial charge in [0.25, 0.3) is 5.78 Å². The summed E-state index contributed by atoms with van der Waals surface area (Å²) in [6.07, 6.45) is 0.399. The standard InChI is InChI=1S/C19H23N5O3/c1-5-15(17(25)27-6-2)24-19(26)23-13(4)11-16(21-18(23)22-24)20-14-9-7-12(3)8-10-14/h7-11,15H,5-6H2,1-4H3,(H,20,21,22). The Morgan fingerprint density at radius 1 is 1.22 bits per heavy atom. The lowest BCUT2D eigenvalue weighted by Gasteiger charge is -2.11. The second kappa shape index (κ2) is 7.61. The summed E-state index contributed by atoms with van der Waals surface area (Å²) < 4.78 is 7.61. The summed E-state index contributed by atoms with van der Waals surface area (Å²) in [4.78, 5) is 29.3. The van der Waals surface area contributed by atoms with Crippen LogP contribution < -0.4 is 11.0 Å². The van der Waals surface area contributed by atoms with E-state index in [0.717, 1.165) is 15.9 Å². The number of carbonyl (C=O) groups is 1. The largest absolute Gasteiger partial charge is 0.464 e. The van der Waals surface area contributed by atoms with Gasteiger partial charge < -0.3 is 10.1 Å². The molecule has 0 bridgehead atoms. The van der Waals surface area contributed by atoms with Crippen molar-refractivity contribution in [2.45, 2.75) is 40.2 Å². The minimum Gasteiger partial charge on any atom is -0.464 e. The van der Waals surface area contributed by atoms with E-state index in [1.54, 1.807) is 19.9 Å². The van der Waals surface area contributed by atoms with Gasteiger partial charge in [0.15, 0.2) is 6.04 Å². The molecule has 0 fully saturated rings. The zero-order valence-electron chi connectivity index (χ0n) is 15.9. The molecular formula is C19H23N5O3. The average Bonchev–Trinajstić information content (AvgIpc) is 2.95. The summed E-state index contributed by atoms with van der Waals surface area (Å²) in [5.74, 6) is 0.337. The molecule has 1 unspecified atom stereocenters. The number of nitrogens with one attached hydrogen (secondary N) is 1. The fraction of sp³-hybridized carbons (Fsp3) is 0.368. The van der Waals surface area contributed by atoms with Crippen molar-refractivity contribution in [3.8, 4) is 0 Å². The molecule has 0 amide bonds. The summed E-state index contributed by atoms with van der Waals surface area (Å²) in [5, 5.41) is 7.49. The minimum absolute atomic E-state index is 0.234. The molecule has 0 spiro atoms. The van der Waals surface area contributed by atoms with Gasteiger partial charge in [-0.15, -0.1) is 5.10 Å². The summed E-state index contributed by atoms with van der Waals surface area (Å²) in [6.45, 7) is 7.60. The maximum Gasteiger partial charge on any atom is 0.352 e. The number of hydrogen-bond acceptors (Lipinski definition) is 6. The van der Waals surface area contributed by atoms with Gasteiger partial charge in [-0.05, 0) is 39.3 Å². The first-order valence-electron chi connectivity index (χ1n) is 8.93. The number of carbonyl (C=O) groups excluding carboxylic acids is 1. The summed E-state index contributed by atoms with van der Waals surface area (Å²) >= 11 is 0. The molecule has 1 N–H and O–H groups in total. The zero-order chi connectivity index (χ0) is 19.6. The molecule has 2 aromatic heterocycles. The monoisotopic (exact) mass is 369 g/mol. The van der Waals surface area contributed by atoms with E-state index in [4.69, 9.17) is 4.74 Å². The van der Waals surface area contributed by atoms with Crippen molar-refractivity contribution in [2.75, 3.05) is 11.9 Å². The van der Waals surface area contributed by atoms with Crippen LogP contribution in [0.25, 0.3) is 5.78 Å². The maximum atomic E-state index is 12.8. The van der Waals surface area contributed by atoms with Crippen LogP contribution >= 0.6 is 0 Å². The number of aromatic nitrogens is 4. The fourth-order valence-corrected chi connectivity index (χ4v) is 2.88. The molecule has 0 saturated heterocycles. The highest BCUT2D eigenvalue weighted by atomic mass is 16.5. The van der Waals surface area contributed by atoms with Crippen LogP contribution in [-0.2, 0) is 9.53 Å². The van der Waals surface area contributed by atoms with Crippen molar-refractivity contribution in [1.29, 1.82) is 0 Å². The van der Waals surface area contributed by atoms with Crippen LogP contribution in [0, 0.1) is 13.8 Å². The van der Waals surface area contributed by atoms with Crippen molar-refractivity contribution in [1.82, 2.24) is 19.2 Å². The third-order valence-corrected chi connectivity index (χ3v) is 4.27. The van der Waals surface area contributed by atoms with Crippen molar-refractivity contribution in [2.24, 2.45) is 0 Å². The van der Waals surface area contributed by atoms with Gasteiger partial charge in [-0.2, -0.15) is 9.67 Å². The summed E-state index contributed by atoms with van der Waals surface area (Å²) in [5.41, 5.74) is 2.31. The molecule has 3 aromatic rings. The van der Waals surface area contributed by atoms with Gasteiger partial charge in [0, 0.05) is 17.4 Å². The predicted molar refractivity (Wildman–Crippen MR) is 102 cm³/mol. The SMILES string of the molecule is CCOC(=O)C(CC)n1nc2nc(Nc3ccc(C)cc3)cc(C)n2c1=O. The Balaban J connectivity index is 2.01. The van der Waals surface area contributed by atoms with Gasteiger partial charge in [-0.25, -0.2) is 14.0 Å². The van der Waals surface area contributed by atoms with Crippen LogP contribution in [0.4, 0.5) is 11.5 Å². The second-order valence-electron chi connectivity index (χ2n) is 6.31. The quantitative estimate of drug-likeness (QED) is 0.672. The first kappa shape index (κ1) is 18.6. The number of ether oxygens (including phenoxy) is 1. The average molecular weight is 369 g/mol. The van der Waals surface area contributed by atoms with Crippen LogP contribution in [0.5, 0.6) is 0 Å². The summed E-state index contributed by atoms with van der Waals surface area (Å²) in [6, 6.07) is 8.90. The molecule has 3 rings (SSSR count). The fourth-order valence-electron chi connectivity index (χ4n) is 2.88. The van der Waals surface area contributed by atoms with E-state index in [0.29, 0.717) is 17.9 Å². The molecule has 0 saturated carbocycles. The predicted octanol–water partition coefficient (Wildman–Crippen LogP) is 2.77. The van der Waals surface area contributed by atoms with Crippen molar-refractivity contribution in [3.63, 3.8) is 0 Å². The van der Waals surface area contributed by atoms with E-state index in [2.05, 4.69) is 15.4 Å². The Bertz CT molecular complexity index is 1020. The first-order chi connectivity index (χ1) is 12.9. The lowest BCUT2D eigenvalue weighted by atomic mass is 10.2. The number of anilines is 2. The highest BCUT2D eigenvalue weighted by Gasteiger charge is 2.25. The zero-order valence-corrected chi connectivity index (χ0v) is 15.9.